The lowest BCUT2D eigenvalue weighted by atomic mass is 9.98. The summed E-state index contributed by atoms with van der Waals surface area (Å²) >= 11 is 0. The molecule has 3 nitrogen and oxygen atoms in total. The molecule has 53 heavy (non-hydrogen) atoms. The van der Waals surface area contributed by atoms with Gasteiger partial charge >= 0.3 is 0 Å². The summed E-state index contributed by atoms with van der Waals surface area (Å²) in [5.74, 6) is 0. The minimum Gasteiger partial charge on any atom is -0.456 e. The molecule has 256 valence electrons. The first-order valence-corrected chi connectivity index (χ1v) is 23.3. The van der Waals surface area contributed by atoms with Crippen LogP contribution in [0.1, 0.15) is 0 Å². The van der Waals surface area contributed by atoms with Crippen LogP contribution in [0.5, 0.6) is 0 Å². The average Bonchev–Trinajstić information content (AvgIpc) is 3.59. The third-order valence-corrected chi connectivity index (χ3v) is 13.3. The van der Waals surface area contributed by atoms with Crippen molar-refractivity contribution in [1.82, 2.24) is 0 Å². The molecule has 0 unspecified atom stereocenters. The minimum atomic E-state index is -0.524. The highest BCUT2D eigenvalue weighted by Crippen LogP contribution is 2.43. The Labute approximate surface area is 314 Å². The second-order valence-electron chi connectivity index (χ2n) is 14.2. The second-order valence-corrected chi connectivity index (χ2v) is 19.4. The van der Waals surface area contributed by atoms with Crippen LogP contribution in [-0.4, -0.2) is 17.6 Å². The maximum absolute atomic E-state index is 6.55. The maximum atomic E-state index is 6.55. The number of para-hydroxylation sites is 2. The van der Waals surface area contributed by atoms with Crippen molar-refractivity contribution in [3.05, 3.63) is 170 Å². The van der Waals surface area contributed by atoms with E-state index in [1.54, 1.807) is 0 Å². The number of hydrogen-bond acceptors (Lipinski definition) is 3. The molecule has 1 aromatic heterocycles. The standard InChI is InChI=1S/C48H40N2OSi2/c1-52(2)41-23-17-37(18-24-41)49(35-11-7-5-8-12-35)39-21-27-43-33(31-39)15-29-45-47(43)48-44-28-22-40(32-34(44)16-30-46(48)51-45)50(36-13-9-6-10-14-36)38-19-25-42(26-20-38)53(3)4/h5-32H,1-4H3. The molecule has 0 aliphatic heterocycles. The monoisotopic (exact) mass is 716 g/mol. The summed E-state index contributed by atoms with van der Waals surface area (Å²) in [5, 5.41) is 9.93. The number of rotatable bonds is 8. The summed E-state index contributed by atoms with van der Waals surface area (Å²) in [5.41, 5.74) is 8.64. The van der Waals surface area contributed by atoms with Gasteiger partial charge in [0, 0.05) is 44.9 Å². The topological polar surface area (TPSA) is 19.6 Å². The smallest absolute Gasteiger partial charge is 0.136 e. The van der Waals surface area contributed by atoms with Crippen LogP contribution in [0.15, 0.2) is 174 Å². The molecule has 0 N–H and O–H groups in total. The Balaban J connectivity index is 1.18. The van der Waals surface area contributed by atoms with Crippen LogP contribution in [0, 0.1) is 0 Å². The molecule has 0 bridgehead atoms. The van der Waals surface area contributed by atoms with Crippen LogP contribution in [0.4, 0.5) is 34.1 Å². The predicted octanol–water partition coefficient (Wildman–Crippen LogP) is 12.8. The lowest BCUT2D eigenvalue weighted by Crippen LogP contribution is -2.22. The summed E-state index contributed by atoms with van der Waals surface area (Å²) in [4.78, 5) is 4.71. The van der Waals surface area contributed by atoms with E-state index in [9.17, 15) is 0 Å². The quantitative estimate of drug-likeness (QED) is 0.146. The van der Waals surface area contributed by atoms with Gasteiger partial charge in [-0.3, -0.25) is 0 Å². The van der Waals surface area contributed by atoms with Gasteiger partial charge < -0.3 is 14.2 Å². The molecule has 9 aromatic rings. The van der Waals surface area contributed by atoms with Gasteiger partial charge in [-0.2, -0.15) is 0 Å². The summed E-state index contributed by atoms with van der Waals surface area (Å²) in [6.07, 6.45) is 0. The Morgan fingerprint density at radius 3 is 1.09 bits per heavy atom. The molecule has 2 radical (unpaired) electrons. The Kier molecular flexibility index (Phi) is 8.46. The van der Waals surface area contributed by atoms with Gasteiger partial charge in [-0.05, 0) is 106 Å². The number of fused-ring (bicyclic) bond motifs is 7. The molecule has 8 aromatic carbocycles. The molecular formula is C48H40N2OSi2. The zero-order valence-electron chi connectivity index (χ0n) is 30.5. The van der Waals surface area contributed by atoms with E-state index in [1.165, 1.54) is 31.9 Å². The number of anilines is 6. The first kappa shape index (κ1) is 33.0. The largest absolute Gasteiger partial charge is 0.456 e. The molecule has 0 spiro atoms. The third-order valence-electron chi connectivity index (χ3n) is 10.4. The van der Waals surface area contributed by atoms with Crippen molar-refractivity contribution in [2.45, 2.75) is 26.2 Å². The first-order valence-electron chi connectivity index (χ1n) is 18.3. The van der Waals surface area contributed by atoms with Crippen LogP contribution in [0.25, 0.3) is 43.5 Å². The summed E-state index contributed by atoms with van der Waals surface area (Å²) < 4.78 is 6.55. The van der Waals surface area contributed by atoms with E-state index >= 15 is 0 Å². The van der Waals surface area contributed by atoms with E-state index in [2.05, 4.69) is 206 Å². The van der Waals surface area contributed by atoms with Gasteiger partial charge in [0.2, 0.25) is 0 Å². The Bertz CT molecular complexity index is 2530. The normalized spacial score (nSPS) is 11.7. The summed E-state index contributed by atoms with van der Waals surface area (Å²) in [6, 6.07) is 61.9. The molecule has 0 saturated carbocycles. The highest BCUT2D eigenvalue weighted by Gasteiger charge is 2.19. The number of hydrogen-bond donors (Lipinski definition) is 0. The molecule has 9 rings (SSSR count). The zero-order chi connectivity index (χ0) is 36.1. The molecule has 0 atom stereocenters. The number of nitrogens with zero attached hydrogens (tertiary/aromatic N) is 2. The van der Waals surface area contributed by atoms with Gasteiger partial charge in [0.1, 0.15) is 11.2 Å². The fourth-order valence-corrected chi connectivity index (χ4v) is 9.28. The lowest BCUT2D eigenvalue weighted by molar-refractivity contribution is 0.669. The van der Waals surface area contributed by atoms with Crippen molar-refractivity contribution < 1.29 is 4.42 Å². The van der Waals surface area contributed by atoms with Crippen molar-refractivity contribution in [1.29, 1.82) is 0 Å². The van der Waals surface area contributed by atoms with Crippen molar-refractivity contribution >= 4 is 106 Å². The highest BCUT2D eigenvalue weighted by atomic mass is 28.3. The van der Waals surface area contributed by atoms with E-state index in [-0.39, 0.29) is 0 Å². The molecule has 1 heterocycles. The van der Waals surface area contributed by atoms with Crippen molar-refractivity contribution in [3.8, 4) is 0 Å². The van der Waals surface area contributed by atoms with Crippen molar-refractivity contribution in [2.75, 3.05) is 9.80 Å². The molecule has 0 amide bonds. The fourth-order valence-electron chi connectivity index (χ4n) is 7.61. The Hall–Kier alpha value is -5.89. The van der Waals surface area contributed by atoms with Gasteiger partial charge in [0.25, 0.3) is 0 Å². The molecule has 0 aliphatic carbocycles. The van der Waals surface area contributed by atoms with Crippen LogP contribution in [0.2, 0.25) is 26.2 Å². The average molecular weight is 717 g/mol. The maximum Gasteiger partial charge on any atom is 0.136 e. The molecule has 0 aliphatic rings. The second kappa shape index (κ2) is 13.6. The van der Waals surface area contributed by atoms with E-state index < -0.39 is 17.6 Å². The van der Waals surface area contributed by atoms with Crippen molar-refractivity contribution in [3.63, 3.8) is 0 Å². The van der Waals surface area contributed by atoms with Gasteiger partial charge in [-0.15, -0.1) is 0 Å². The number of furan rings is 1. The predicted molar refractivity (Wildman–Crippen MR) is 232 cm³/mol. The van der Waals surface area contributed by atoms with Crippen LogP contribution >= 0.6 is 0 Å². The SMILES string of the molecule is C[Si](C)c1ccc(N(c2ccccc2)c2ccc3c(ccc4oc5ccc6cc(N(c7ccccc7)c7ccc([Si](C)C)cc7)ccc6c5c43)c2)cc1. The van der Waals surface area contributed by atoms with Crippen molar-refractivity contribution in [2.24, 2.45) is 0 Å². The van der Waals surface area contributed by atoms with Gasteiger partial charge in [0.05, 0.1) is 17.6 Å². The first-order chi connectivity index (χ1) is 25.9. The minimum absolute atomic E-state index is 0.524. The lowest BCUT2D eigenvalue weighted by Gasteiger charge is -2.26. The fraction of sp³-hybridized carbons (Fsp3) is 0.0833. The molecule has 0 fully saturated rings. The Morgan fingerprint density at radius 1 is 0.358 bits per heavy atom. The molecular weight excluding hydrogens is 677 g/mol. The van der Waals surface area contributed by atoms with E-state index in [0.717, 1.165) is 56.1 Å². The summed E-state index contributed by atoms with van der Waals surface area (Å²) in [7, 11) is -1.05. The zero-order valence-corrected chi connectivity index (χ0v) is 32.5. The van der Waals surface area contributed by atoms with Crippen LogP contribution in [-0.2, 0) is 0 Å². The van der Waals surface area contributed by atoms with E-state index in [4.69, 9.17) is 4.42 Å². The number of benzene rings is 8. The van der Waals surface area contributed by atoms with Gasteiger partial charge in [0.15, 0.2) is 0 Å². The van der Waals surface area contributed by atoms with E-state index in [0.29, 0.717) is 0 Å². The van der Waals surface area contributed by atoms with Gasteiger partial charge in [-0.1, -0.05) is 121 Å². The van der Waals surface area contributed by atoms with E-state index in [1.807, 2.05) is 0 Å². The van der Waals surface area contributed by atoms with Crippen LogP contribution < -0.4 is 20.2 Å². The molecule has 5 heteroatoms. The summed E-state index contributed by atoms with van der Waals surface area (Å²) in [6.45, 7) is 9.36. The third kappa shape index (κ3) is 6.02. The molecule has 0 saturated heterocycles. The van der Waals surface area contributed by atoms with Gasteiger partial charge in [-0.25, -0.2) is 0 Å². The Morgan fingerprint density at radius 2 is 0.717 bits per heavy atom. The highest BCUT2D eigenvalue weighted by molar-refractivity contribution is 6.71. The van der Waals surface area contributed by atoms with Crippen LogP contribution in [0.3, 0.4) is 0 Å².